The Balaban J connectivity index is 0.00000363. The number of hydrogen-bond donors (Lipinski definition) is 2. The van der Waals surface area contributed by atoms with Crippen LogP contribution in [0.3, 0.4) is 0 Å². The first-order valence-electron chi connectivity index (χ1n) is 10.0. The van der Waals surface area contributed by atoms with Gasteiger partial charge in [0.25, 0.3) is 0 Å². The molecule has 0 aliphatic carbocycles. The van der Waals surface area contributed by atoms with Crippen LogP contribution in [0.15, 0.2) is 71.9 Å². The highest BCUT2D eigenvalue weighted by Crippen LogP contribution is 2.22. The average molecular weight is 548 g/mol. The van der Waals surface area contributed by atoms with Crippen LogP contribution in [0.1, 0.15) is 11.1 Å². The third kappa shape index (κ3) is 7.92. The molecule has 8 heteroatoms. The minimum Gasteiger partial charge on any atom is -0.497 e. The van der Waals surface area contributed by atoms with Gasteiger partial charge in [0, 0.05) is 32.4 Å². The Bertz CT molecular complexity index is 962. The van der Waals surface area contributed by atoms with E-state index in [4.69, 9.17) is 14.2 Å². The van der Waals surface area contributed by atoms with Crippen molar-refractivity contribution in [2.24, 2.45) is 4.99 Å². The Labute approximate surface area is 206 Å². The minimum absolute atomic E-state index is 0. The summed E-state index contributed by atoms with van der Waals surface area (Å²) < 4.78 is 16.1. The third-order valence-corrected chi connectivity index (χ3v) is 4.63. The van der Waals surface area contributed by atoms with Crippen molar-refractivity contribution in [3.63, 3.8) is 0 Å². The summed E-state index contributed by atoms with van der Waals surface area (Å²) in [5, 5.41) is 6.62. The molecule has 1 heterocycles. The van der Waals surface area contributed by atoms with Crippen LogP contribution in [0.25, 0.3) is 0 Å². The van der Waals surface area contributed by atoms with Crippen molar-refractivity contribution in [2.45, 2.75) is 13.0 Å². The van der Waals surface area contributed by atoms with Crippen LogP contribution < -0.4 is 24.8 Å². The predicted octanol–water partition coefficient (Wildman–Crippen LogP) is 4.42. The number of guanidine groups is 1. The maximum atomic E-state index is 5.76. The van der Waals surface area contributed by atoms with Crippen molar-refractivity contribution >= 4 is 29.9 Å². The largest absolute Gasteiger partial charge is 0.497 e. The van der Waals surface area contributed by atoms with Gasteiger partial charge >= 0.3 is 0 Å². The lowest BCUT2D eigenvalue weighted by Crippen LogP contribution is -2.37. The van der Waals surface area contributed by atoms with Crippen molar-refractivity contribution in [3.8, 4) is 23.1 Å². The van der Waals surface area contributed by atoms with Crippen molar-refractivity contribution in [2.75, 3.05) is 27.8 Å². The molecule has 0 amide bonds. The van der Waals surface area contributed by atoms with E-state index in [1.807, 2.05) is 48.5 Å². The Kier molecular flexibility index (Phi) is 10.6. The molecule has 0 aliphatic heterocycles. The number of nitrogens with zero attached hydrogens (tertiary/aromatic N) is 2. The van der Waals surface area contributed by atoms with E-state index in [9.17, 15) is 0 Å². The number of benzene rings is 2. The summed E-state index contributed by atoms with van der Waals surface area (Å²) in [5.41, 5.74) is 2.26. The van der Waals surface area contributed by atoms with E-state index in [0.717, 1.165) is 36.0 Å². The first-order chi connectivity index (χ1) is 15.2. The lowest BCUT2D eigenvalue weighted by Gasteiger charge is -2.12. The molecule has 0 saturated carbocycles. The van der Waals surface area contributed by atoms with Gasteiger partial charge in [-0.15, -0.1) is 24.0 Å². The highest BCUT2D eigenvalue weighted by atomic mass is 127. The molecule has 0 fully saturated rings. The van der Waals surface area contributed by atoms with Gasteiger partial charge in [0.2, 0.25) is 5.88 Å². The summed E-state index contributed by atoms with van der Waals surface area (Å²) in [6.07, 6.45) is 2.68. The molecule has 170 valence electrons. The Morgan fingerprint density at radius 1 is 0.812 bits per heavy atom. The molecule has 32 heavy (non-hydrogen) atoms. The highest BCUT2D eigenvalue weighted by molar-refractivity contribution is 14.0. The molecule has 0 radical (unpaired) electrons. The molecule has 1 aromatic heterocycles. The smallest absolute Gasteiger partial charge is 0.219 e. The molecule has 3 rings (SSSR count). The Morgan fingerprint density at radius 2 is 1.41 bits per heavy atom. The first kappa shape index (κ1) is 25.3. The van der Waals surface area contributed by atoms with Gasteiger partial charge in [-0.25, -0.2) is 4.98 Å². The van der Waals surface area contributed by atoms with Gasteiger partial charge < -0.3 is 24.8 Å². The Hall–Kier alpha value is -3.01. The first-order valence-corrected chi connectivity index (χ1v) is 10.0. The van der Waals surface area contributed by atoms with Crippen LogP contribution in [-0.4, -0.2) is 38.8 Å². The summed E-state index contributed by atoms with van der Waals surface area (Å²) in [7, 11) is 5.06. The van der Waals surface area contributed by atoms with Crippen molar-refractivity contribution < 1.29 is 14.2 Å². The van der Waals surface area contributed by atoms with Crippen LogP contribution in [-0.2, 0) is 13.0 Å². The van der Waals surface area contributed by atoms with Gasteiger partial charge in [0.1, 0.15) is 17.2 Å². The van der Waals surface area contributed by atoms with Crippen molar-refractivity contribution in [1.82, 2.24) is 15.6 Å². The minimum atomic E-state index is 0. The van der Waals surface area contributed by atoms with E-state index in [2.05, 4.69) is 32.7 Å². The monoisotopic (exact) mass is 548 g/mol. The lowest BCUT2D eigenvalue weighted by atomic mass is 10.1. The fourth-order valence-corrected chi connectivity index (χ4v) is 2.86. The van der Waals surface area contributed by atoms with Gasteiger partial charge in [-0.2, -0.15) is 0 Å². The van der Waals surface area contributed by atoms with Crippen LogP contribution in [0, 0.1) is 0 Å². The van der Waals surface area contributed by atoms with E-state index >= 15 is 0 Å². The summed E-state index contributed by atoms with van der Waals surface area (Å²) >= 11 is 0. The van der Waals surface area contributed by atoms with Crippen LogP contribution >= 0.6 is 24.0 Å². The Morgan fingerprint density at radius 3 is 1.97 bits per heavy atom. The maximum absolute atomic E-state index is 5.76. The second-order valence-corrected chi connectivity index (χ2v) is 6.73. The molecule has 2 aromatic carbocycles. The van der Waals surface area contributed by atoms with Crippen LogP contribution in [0.2, 0.25) is 0 Å². The fourth-order valence-electron chi connectivity index (χ4n) is 2.86. The number of methoxy groups -OCH3 is 2. The topological polar surface area (TPSA) is 77.0 Å². The van der Waals surface area contributed by atoms with Crippen molar-refractivity contribution in [1.29, 1.82) is 0 Å². The summed E-state index contributed by atoms with van der Waals surface area (Å²) in [4.78, 5) is 8.64. The number of rotatable bonds is 9. The highest BCUT2D eigenvalue weighted by Gasteiger charge is 2.03. The number of hydrogen-bond acceptors (Lipinski definition) is 5. The summed E-state index contributed by atoms with van der Waals surface area (Å²) in [6, 6.07) is 19.3. The standard InChI is InChI=1S/C24H28N4O3.HI/c1-25-24(26-15-14-18-4-7-20(29-2)8-5-18)28-17-19-6-13-23(27-16-19)31-22-11-9-21(30-3)10-12-22;/h4-13,16H,14-15,17H2,1-3H3,(H2,25,26,28);1H. The average Bonchev–Trinajstić information content (AvgIpc) is 2.83. The number of ether oxygens (including phenoxy) is 3. The second-order valence-electron chi connectivity index (χ2n) is 6.73. The van der Waals surface area contributed by atoms with E-state index in [0.29, 0.717) is 18.2 Å². The molecule has 3 aromatic rings. The van der Waals surface area contributed by atoms with Crippen LogP contribution in [0.4, 0.5) is 0 Å². The number of aliphatic imine (C=N–C) groups is 1. The molecule has 7 nitrogen and oxygen atoms in total. The molecule has 2 N–H and O–H groups in total. The van der Waals surface area contributed by atoms with Gasteiger partial charge in [0.05, 0.1) is 14.2 Å². The zero-order chi connectivity index (χ0) is 21.9. The van der Waals surface area contributed by atoms with E-state index in [1.54, 1.807) is 27.5 Å². The van der Waals surface area contributed by atoms with Gasteiger partial charge in [-0.1, -0.05) is 18.2 Å². The molecule has 0 unspecified atom stereocenters. The zero-order valence-electron chi connectivity index (χ0n) is 18.5. The fraction of sp³-hybridized carbons (Fsp3) is 0.250. The molecule has 0 spiro atoms. The van der Waals surface area contributed by atoms with Gasteiger partial charge in [-0.05, 0) is 53.9 Å². The zero-order valence-corrected chi connectivity index (χ0v) is 20.8. The maximum Gasteiger partial charge on any atom is 0.219 e. The normalized spacial score (nSPS) is 10.7. The number of aromatic nitrogens is 1. The van der Waals surface area contributed by atoms with Crippen LogP contribution in [0.5, 0.6) is 23.1 Å². The molecule has 0 aliphatic rings. The molecule has 0 atom stereocenters. The number of nitrogens with one attached hydrogen (secondary N) is 2. The van der Waals surface area contributed by atoms with Crippen molar-refractivity contribution in [3.05, 3.63) is 78.0 Å². The van der Waals surface area contributed by atoms with E-state index < -0.39 is 0 Å². The summed E-state index contributed by atoms with van der Waals surface area (Å²) in [5.74, 6) is 3.64. The molecule has 0 bridgehead atoms. The van der Waals surface area contributed by atoms with E-state index in [-0.39, 0.29) is 24.0 Å². The summed E-state index contributed by atoms with van der Waals surface area (Å²) in [6.45, 7) is 1.39. The van der Waals surface area contributed by atoms with E-state index in [1.165, 1.54) is 5.56 Å². The molecular formula is C24H29IN4O3. The predicted molar refractivity (Wildman–Crippen MR) is 138 cm³/mol. The number of halogens is 1. The van der Waals surface area contributed by atoms with Gasteiger partial charge in [0.15, 0.2) is 5.96 Å². The SMILES string of the molecule is CN=C(NCCc1ccc(OC)cc1)NCc1ccc(Oc2ccc(OC)cc2)nc1.I. The quantitative estimate of drug-likeness (QED) is 0.234. The van der Waals surface area contributed by atoms with Gasteiger partial charge in [-0.3, -0.25) is 4.99 Å². The number of pyridine rings is 1. The second kappa shape index (κ2) is 13.4. The molecular weight excluding hydrogens is 519 g/mol. The molecule has 0 saturated heterocycles. The third-order valence-electron chi connectivity index (χ3n) is 4.63. The lowest BCUT2D eigenvalue weighted by molar-refractivity contribution is 0.412.